The van der Waals surface area contributed by atoms with Gasteiger partial charge in [0.25, 0.3) is 0 Å². The first-order valence-corrected chi connectivity index (χ1v) is 3.54. The highest BCUT2D eigenvalue weighted by molar-refractivity contribution is 5.79. The smallest absolute Gasteiger partial charge is 0.220 e. The fraction of sp³-hybridized carbons (Fsp3) is 0.500. The number of hydrogen-bond donors (Lipinski definition) is 4. The van der Waals surface area contributed by atoms with Gasteiger partial charge in [0, 0.05) is 13.0 Å². The van der Waals surface area contributed by atoms with E-state index in [2.05, 4.69) is 4.99 Å². The number of nitrogens with two attached hydrogens (primary N) is 2. The highest BCUT2D eigenvalue weighted by atomic mass is 16.5. The molecule has 0 unspecified atom stereocenters. The Hall–Kier alpha value is -1.27. The van der Waals surface area contributed by atoms with E-state index in [1.165, 1.54) is 0 Å². The lowest BCUT2D eigenvalue weighted by atomic mass is 10.2. The van der Waals surface area contributed by atoms with Crippen molar-refractivity contribution in [1.82, 2.24) is 5.06 Å². The second-order valence-electron chi connectivity index (χ2n) is 2.43. The Labute approximate surface area is 69.7 Å². The summed E-state index contributed by atoms with van der Waals surface area (Å²) in [5, 5.41) is 18.6. The Balaban J connectivity index is 2.79. The molecule has 1 rings (SSSR count). The summed E-state index contributed by atoms with van der Waals surface area (Å²) in [4.78, 5) is 3.73. The Morgan fingerprint density at radius 2 is 2.17 bits per heavy atom. The predicted molar refractivity (Wildman–Crippen MR) is 43.0 cm³/mol. The number of guanidine groups is 1. The van der Waals surface area contributed by atoms with Crippen molar-refractivity contribution in [2.75, 3.05) is 13.2 Å². The molecule has 1 aliphatic rings. The molecule has 0 aromatic rings. The first-order chi connectivity index (χ1) is 5.66. The number of aliphatic hydroxyl groups excluding tert-OH is 1. The standard InChI is InChI=1S/C6H12N4O2/c7-4-3-9-6(8)10(12)5(4)1-2-11/h11-12H,1-3,7H2,(H2,8,9). The van der Waals surface area contributed by atoms with Crippen molar-refractivity contribution in [3.63, 3.8) is 0 Å². The molecule has 0 amide bonds. The summed E-state index contributed by atoms with van der Waals surface area (Å²) >= 11 is 0. The van der Waals surface area contributed by atoms with Gasteiger partial charge >= 0.3 is 0 Å². The molecule has 0 saturated carbocycles. The van der Waals surface area contributed by atoms with Crippen LogP contribution in [0.5, 0.6) is 0 Å². The maximum Gasteiger partial charge on any atom is 0.220 e. The van der Waals surface area contributed by atoms with Gasteiger partial charge in [0.1, 0.15) is 0 Å². The predicted octanol–water partition coefficient (Wildman–Crippen LogP) is -1.44. The fourth-order valence-electron chi connectivity index (χ4n) is 0.971. The zero-order chi connectivity index (χ0) is 9.14. The highest BCUT2D eigenvalue weighted by Gasteiger charge is 2.18. The van der Waals surface area contributed by atoms with E-state index in [1.807, 2.05) is 0 Å². The molecule has 6 nitrogen and oxygen atoms in total. The summed E-state index contributed by atoms with van der Waals surface area (Å²) in [5.41, 5.74) is 11.7. The summed E-state index contributed by atoms with van der Waals surface area (Å²) in [6, 6.07) is 0. The van der Waals surface area contributed by atoms with Crippen LogP contribution in [0.3, 0.4) is 0 Å². The van der Waals surface area contributed by atoms with Crippen LogP contribution in [0, 0.1) is 0 Å². The Bertz CT molecular complexity index is 236. The van der Waals surface area contributed by atoms with E-state index in [0.29, 0.717) is 16.5 Å². The third-order valence-corrected chi connectivity index (χ3v) is 1.60. The van der Waals surface area contributed by atoms with E-state index in [-0.39, 0.29) is 25.5 Å². The Morgan fingerprint density at radius 3 is 2.75 bits per heavy atom. The molecule has 0 radical (unpaired) electrons. The van der Waals surface area contributed by atoms with Gasteiger partial charge in [-0.2, -0.15) is 5.06 Å². The molecule has 0 aromatic heterocycles. The molecule has 0 aromatic carbocycles. The maximum atomic E-state index is 9.27. The van der Waals surface area contributed by atoms with Crippen molar-refractivity contribution in [2.45, 2.75) is 6.42 Å². The van der Waals surface area contributed by atoms with Crippen LogP contribution < -0.4 is 11.5 Å². The van der Waals surface area contributed by atoms with Crippen LogP contribution in [-0.4, -0.2) is 34.5 Å². The monoisotopic (exact) mass is 172 g/mol. The normalized spacial score (nSPS) is 18.2. The van der Waals surface area contributed by atoms with E-state index in [1.54, 1.807) is 0 Å². The molecule has 0 spiro atoms. The number of nitrogens with zero attached hydrogens (tertiary/aromatic N) is 2. The van der Waals surface area contributed by atoms with Gasteiger partial charge in [0.05, 0.1) is 17.9 Å². The second kappa shape index (κ2) is 3.42. The molecule has 6 heteroatoms. The molecule has 1 heterocycles. The summed E-state index contributed by atoms with van der Waals surface area (Å²) in [5.74, 6) is 0.00708. The Kier molecular flexibility index (Phi) is 2.51. The van der Waals surface area contributed by atoms with Crippen LogP contribution in [0.15, 0.2) is 16.4 Å². The molecule has 0 fully saturated rings. The summed E-state index contributed by atoms with van der Waals surface area (Å²) in [7, 11) is 0. The third-order valence-electron chi connectivity index (χ3n) is 1.60. The number of aliphatic hydroxyl groups is 1. The minimum Gasteiger partial charge on any atom is -0.399 e. The molecular formula is C6H12N4O2. The lowest BCUT2D eigenvalue weighted by Gasteiger charge is -2.24. The maximum absolute atomic E-state index is 9.27. The van der Waals surface area contributed by atoms with Gasteiger partial charge in [-0.1, -0.05) is 0 Å². The van der Waals surface area contributed by atoms with E-state index < -0.39 is 0 Å². The second-order valence-corrected chi connectivity index (χ2v) is 2.43. The summed E-state index contributed by atoms with van der Waals surface area (Å²) in [6.45, 7) is 0.193. The molecule has 0 saturated heterocycles. The molecule has 12 heavy (non-hydrogen) atoms. The molecule has 68 valence electrons. The molecule has 0 atom stereocenters. The summed E-state index contributed by atoms with van der Waals surface area (Å²) in [6.07, 6.45) is 0.276. The number of hydrogen-bond acceptors (Lipinski definition) is 6. The Morgan fingerprint density at radius 1 is 1.50 bits per heavy atom. The molecule has 1 aliphatic heterocycles. The average Bonchev–Trinajstić information content (AvgIpc) is 2.06. The fourth-order valence-corrected chi connectivity index (χ4v) is 0.971. The van der Waals surface area contributed by atoms with Crippen LogP contribution >= 0.6 is 0 Å². The van der Waals surface area contributed by atoms with E-state index in [9.17, 15) is 5.21 Å². The number of aliphatic imine (C=N–C) groups is 1. The van der Waals surface area contributed by atoms with Crippen molar-refractivity contribution >= 4 is 5.96 Å². The first kappa shape index (κ1) is 8.82. The van der Waals surface area contributed by atoms with Gasteiger partial charge in [-0.15, -0.1) is 0 Å². The zero-order valence-electron chi connectivity index (χ0n) is 6.56. The number of rotatable bonds is 2. The minimum absolute atomic E-state index is 0.00708. The SMILES string of the molecule is NC1=NCC(N)=C(CCO)N1O. The van der Waals surface area contributed by atoms with Crippen LogP contribution in [0.2, 0.25) is 0 Å². The van der Waals surface area contributed by atoms with Crippen molar-refractivity contribution in [1.29, 1.82) is 0 Å². The quantitative estimate of drug-likeness (QED) is 0.408. The van der Waals surface area contributed by atoms with E-state index in [0.717, 1.165) is 0 Å². The van der Waals surface area contributed by atoms with Gasteiger partial charge in [-0.05, 0) is 0 Å². The van der Waals surface area contributed by atoms with Crippen molar-refractivity contribution in [3.05, 3.63) is 11.4 Å². The largest absolute Gasteiger partial charge is 0.399 e. The van der Waals surface area contributed by atoms with Gasteiger partial charge in [-0.25, -0.2) is 4.99 Å². The highest BCUT2D eigenvalue weighted by Crippen LogP contribution is 2.13. The minimum atomic E-state index is -0.0830. The number of hydroxylamine groups is 2. The van der Waals surface area contributed by atoms with Crippen molar-refractivity contribution in [3.8, 4) is 0 Å². The van der Waals surface area contributed by atoms with Gasteiger partial charge in [0.15, 0.2) is 0 Å². The third kappa shape index (κ3) is 1.49. The van der Waals surface area contributed by atoms with Gasteiger partial charge < -0.3 is 16.6 Å². The van der Waals surface area contributed by atoms with Gasteiger partial charge in [0.2, 0.25) is 5.96 Å². The molecule has 6 N–H and O–H groups in total. The zero-order valence-corrected chi connectivity index (χ0v) is 6.56. The van der Waals surface area contributed by atoms with Crippen LogP contribution in [0.4, 0.5) is 0 Å². The van der Waals surface area contributed by atoms with Gasteiger partial charge in [-0.3, -0.25) is 5.21 Å². The topological polar surface area (TPSA) is 108 Å². The summed E-state index contributed by atoms with van der Waals surface area (Å²) < 4.78 is 0. The first-order valence-electron chi connectivity index (χ1n) is 3.54. The van der Waals surface area contributed by atoms with Crippen molar-refractivity contribution < 1.29 is 10.3 Å². The van der Waals surface area contributed by atoms with Crippen LogP contribution in [0.1, 0.15) is 6.42 Å². The van der Waals surface area contributed by atoms with E-state index >= 15 is 0 Å². The van der Waals surface area contributed by atoms with E-state index in [4.69, 9.17) is 16.6 Å². The van der Waals surface area contributed by atoms with Crippen LogP contribution in [-0.2, 0) is 0 Å². The average molecular weight is 172 g/mol. The lowest BCUT2D eigenvalue weighted by Crippen LogP contribution is -2.39. The molecule has 0 aliphatic carbocycles. The molecular weight excluding hydrogens is 160 g/mol. The lowest BCUT2D eigenvalue weighted by molar-refractivity contribution is 0.0108. The molecule has 0 bridgehead atoms. The van der Waals surface area contributed by atoms with Crippen molar-refractivity contribution in [2.24, 2.45) is 16.5 Å². The van der Waals surface area contributed by atoms with Crippen LogP contribution in [0.25, 0.3) is 0 Å².